The van der Waals surface area contributed by atoms with Crippen molar-refractivity contribution in [2.24, 2.45) is 5.41 Å². The molecule has 206 valence electrons. The summed E-state index contributed by atoms with van der Waals surface area (Å²) < 4.78 is 26.1. The summed E-state index contributed by atoms with van der Waals surface area (Å²) >= 11 is 0. The van der Waals surface area contributed by atoms with Crippen molar-refractivity contribution in [2.45, 2.75) is 46.8 Å². The number of benzene rings is 3. The Morgan fingerprint density at radius 2 is 1.82 bits per heavy atom. The molecule has 7 heteroatoms. The highest BCUT2D eigenvalue weighted by molar-refractivity contribution is 6.02. The van der Waals surface area contributed by atoms with E-state index in [1.54, 1.807) is 18.2 Å². The molecule has 2 heterocycles. The van der Waals surface area contributed by atoms with Crippen LogP contribution in [-0.2, 0) is 17.8 Å². The molecule has 1 atom stereocenters. The predicted octanol–water partition coefficient (Wildman–Crippen LogP) is 7.08. The Morgan fingerprint density at radius 3 is 2.58 bits per heavy atom. The monoisotopic (exact) mass is 540 g/mol. The van der Waals surface area contributed by atoms with E-state index in [1.807, 2.05) is 81.1 Å². The number of halogens is 1. The summed E-state index contributed by atoms with van der Waals surface area (Å²) in [7, 11) is 0. The number of fused-ring (bicyclic) bond motifs is 1. The summed E-state index contributed by atoms with van der Waals surface area (Å²) in [6, 6.07) is 22.6. The zero-order chi connectivity index (χ0) is 28.4. The number of hydrogen-bond acceptors (Lipinski definition) is 4. The zero-order valence-corrected chi connectivity index (χ0v) is 23.2. The summed E-state index contributed by atoms with van der Waals surface area (Å²) in [4.78, 5) is 27.9. The molecule has 0 saturated heterocycles. The molecule has 3 aromatic carbocycles. The smallest absolute Gasteiger partial charge is 0.291 e. The van der Waals surface area contributed by atoms with E-state index in [-0.39, 0.29) is 30.0 Å². The third kappa shape index (κ3) is 5.93. The summed E-state index contributed by atoms with van der Waals surface area (Å²) in [5, 5.41) is 2.84. The van der Waals surface area contributed by atoms with Crippen LogP contribution in [0.5, 0.6) is 5.75 Å². The van der Waals surface area contributed by atoms with Crippen molar-refractivity contribution < 1.29 is 23.1 Å². The van der Waals surface area contributed by atoms with Crippen molar-refractivity contribution in [3.8, 4) is 5.75 Å². The number of carbonyl (C=O) groups is 2. The van der Waals surface area contributed by atoms with E-state index in [4.69, 9.17) is 9.15 Å². The van der Waals surface area contributed by atoms with Gasteiger partial charge in [-0.05, 0) is 84.1 Å². The molecule has 0 saturated carbocycles. The summed E-state index contributed by atoms with van der Waals surface area (Å²) in [6.45, 7) is 8.30. The average molecular weight is 541 g/mol. The molecule has 6 nitrogen and oxygen atoms in total. The van der Waals surface area contributed by atoms with Crippen LogP contribution >= 0.6 is 0 Å². The third-order valence-electron chi connectivity index (χ3n) is 6.95. The van der Waals surface area contributed by atoms with Crippen molar-refractivity contribution in [1.29, 1.82) is 0 Å². The van der Waals surface area contributed by atoms with Gasteiger partial charge in [0.05, 0.1) is 6.04 Å². The summed E-state index contributed by atoms with van der Waals surface area (Å²) in [6.07, 6.45) is 0.695. The van der Waals surface area contributed by atoms with E-state index >= 15 is 0 Å². The van der Waals surface area contributed by atoms with E-state index in [2.05, 4.69) is 5.32 Å². The first-order valence-electron chi connectivity index (χ1n) is 13.4. The van der Waals surface area contributed by atoms with Gasteiger partial charge in [0.2, 0.25) is 5.91 Å². The van der Waals surface area contributed by atoms with Crippen molar-refractivity contribution in [2.75, 3.05) is 11.9 Å². The first-order valence-corrected chi connectivity index (χ1v) is 13.4. The number of furan rings is 1. The predicted molar refractivity (Wildman–Crippen MR) is 152 cm³/mol. The molecule has 1 aliphatic heterocycles. The Hall–Kier alpha value is -4.39. The second-order valence-corrected chi connectivity index (χ2v) is 11.2. The highest BCUT2D eigenvalue weighted by Gasteiger charge is 2.37. The molecular weight excluding hydrogens is 507 g/mol. The van der Waals surface area contributed by atoms with E-state index < -0.39 is 11.5 Å². The second kappa shape index (κ2) is 11.0. The van der Waals surface area contributed by atoms with Gasteiger partial charge in [0.25, 0.3) is 5.91 Å². The Balaban J connectivity index is 1.35. The van der Waals surface area contributed by atoms with E-state index in [0.29, 0.717) is 35.7 Å². The molecular formula is C33H33FN2O4. The number of anilines is 1. The molecule has 1 N–H and O–H groups in total. The van der Waals surface area contributed by atoms with Gasteiger partial charge in [-0.2, -0.15) is 0 Å². The van der Waals surface area contributed by atoms with Gasteiger partial charge < -0.3 is 19.4 Å². The molecule has 2 amide bonds. The molecule has 1 aliphatic rings. The highest BCUT2D eigenvalue weighted by Crippen LogP contribution is 2.39. The third-order valence-corrected chi connectivity index (χ3v) is 6.95. The number of ether oxygens (including phenoxy) is 1. The van der Waals surface area contributed by atoms with Crippen molar-refractivity contribution in [3.05, 3.63) is 118 Å². The number of amides is 2. The number of aryl methyl sites for hydroxylation is 1. The SMILES string of the molecule is Cc1cccc(NC(=O)c2ccc(COc3ccc4c(c3)C(c3cccc(F)c3)N(C(=O)C(C)(C)C)CC4)o2)c1. The highest BCUT2D eigenvalue weighted by atomic mass is 19.1. The fraction of sp³-hybridized carbons (Fsp3) is 0.273. The molecule has 4 aromatic rings. The molecule has 0 aliphatic carbocycles. The van der Waals surface area contributed by atoms with Crippen LogP contribution in [-0.4, -0.2) is 23.3 Å². The lowest BCUT2D eigenvalue weighted by atomic mass is 9.85. The van der Waals surface area contributed by atoms with Gasteiger partial charge in [-0.3, -0.25) is 9.59 Å². The quantitative estimate of drug-likeness (QED) is 0.284. The van der Waals surface area contributed by atoms with Crippen LogP contribution in [0.25, 0.3) is 0 Å². The standard InChI is InChI=1S/C33H33FN2O4/c1-21-7-5-10-25(17-21)35-31(37)29-14-13-27(40-29)20-39-26-12-11-22-15-16-36(32(38)33(2,3)4)30(28(22)19-26)23-8-6-9-24(34)18-23/h5-14,17-19,30H,15-16,20H2,1-4H3,(H,35,37). The number of nitrogens with one attached hydrogen (secondary N) is 1. The fourth-order valence-corrected chi connectivity index (χ4v) is 5.02. The number of carbonyl (C=O) groups excluding carboxylic acids is 2. The minimum atomic E-state index is -0.584. The van der Waals surface area contributed by atoms with Crippen LogP contribution in [0.2, 0.25) is 0 Å². The van der Waals surface area contributed by atoms with Gasteiger partial charge in [0, 0.05) is 17.6 Å². The van der Waals surface area contributed by atoms with E-state index in [9.17, 15) is 14.0 Å². The van der Waals surface area contributed by atoms with Crippen LogP contribution < -0.4 is 10.1 Å². The van der Waals surface area contributed by atoms with Crippen LogP contribution in [0, 0.1) is 18.2 Å². The Morgan fingerprint density at radius 1 is 1.02 bits per heavy atom. The second-order valence-electron chi connectivity index (χ2n) is 11.2. The van der Waals surface area contributed by atoms with Crippen LogP contribution in [0.15, 0.2) is 83.3 Å². The van der Waals surface area contributed by atoms with E-state index in [1.165, 1.54) is 12.1 Å². The van der Waals surface area contributed by atoms with Gasteiger partial charge in [0.15, 0.2) is 5.76 Å². The minimum Gasteiger partial charge on any atom is -0.486 e. The largest absolute Gasteiger partial charge is 0.486 e. The maximum atomic E-state index is 14.3. The van der Waals surface area contributed by atoms with Crippen LogP contribution in [0.1, 0.15) is 65.4 Å². The Bertz CT molecular complexity index is 1550. The molecule has 0 bridgehead atoms. The summed E-state index contributed by atoms with van der Waals surface area (Å²) in [5.74, 6) is 0.594. The minimum absolute atomic E-state index is 0.00536. The molecule has 0 fully saturated rings. The van der Waals surface area contributed by atoms with E-state index in [0.717, 1.165) is 16.7 Å². The lowest BCUT2D eigenvalue weighted by molar-refractivity contribution is -0.141. The topological polar surface area (TPSA) is 71.8 Å². The van der Waals surface area contributed by atoms with Gasteiger partial charge in [-0.1, -0.05) is 51.1 Å². The van der Waals surface area contributed by atoms with Gasteiger partial charge in [0.1, 0.15) is 23.9 Å². The normalized spacial score (nSPS) is 14.9. The first kappa shape index (κ1) is 27.2. The fourth-order valence-electron chi connectivity index (χ4n) is 5.02. The van der Waals surface area contributed by atoms with Gasteiger partial charge in [-0.15, -0.1) is 0 Å². The van der Waals surface area contributed by atoms with Gasteiger partial charge in [-0.25, -0.2) is 4.39 Å². The lowest BCUT2D eigenvalue weighted by Crippen LogP contribution is -2.45. The molecule has 5 rings (SSSR count). The average Bonchev–Trinajstić information content (AvgIpc) is 3.39. The molecule has 40 heavy (non-hydrogen) atoms. The lowest BCUT2D eigenvalue weighted by Gasteiger charge is -2.41. The number of nitrogens with zero attached hydrogens (tertiary/aromatic N) is 1. The zero-order valence-electron chi connectivity index (χ0n) is 23.2. The molecule has 1 unspecified atom stereocenters. The Kier molecular flexibility index (Phi) is 7.48. The van der Waals surface area contributed by atoms with Crippen molar-refractivity contribution in [3.63, 3.8) is 0 Å². The van der Waals surface area contributed by atoms with Crippen LogP contribution in [0.3, 0.4) is 0 Å². The summed E-state index contributed by atoms with van der Waals surface area (Å²) in [5.41, 5.74) is 3.87. The number of hydrogen-bond donors (Lipinski definition) is 1. The van der Waals surface area contributed by atoms with Crippen LogP contribution in [0.4, 0.5) is 10.1 Å². The maximum Gasteiger partial charge on any atom is 0.291 e. The van der Waals surface area contributed by atoms with Crippen molar-refractivity contribution in [1.82, 2.24) is 4.90 Å². The number of rotatable bonds is 6. The molecule has 0 radical (unpaired) electrons. The van der Waals surface area contributed by atoms with Crippen molar-refractivity contribution >= 4 is 17.5 Å². The van der Waals surface area contributed by atoms with Gasteiger partial charge >= 0.3 is 0 Å². The molecule has 1 aromatic heterocycles. The maximum absolute atomic E-state index is 14.3. The Labute approximate surface area is 233 Å². The molecule has 0 spiro atoms. The first-order chi connectivity index (χ1) is 19.1.